The van der Waals surface area contributed by atoms with Gasteiger partial charge in [-0.2, -0.15) is 0 Å². The Balaban J connectivity index is 1.40. The minimum atomic E-state index is -0.669. The van der Waals surface area contributed by atoms with Crippen LogP contribution in [0.2, 0.25) is 0 Å². The SMILES string of the molecule is COc1cccc([C@@]2(C)CCN(C[C@@H](NC(=O)[C@@]3(C)Cc4ccc(O)cc4CN3)C(C)C)C[C@@H]2C)c1. The van der Waals surface area contributed by atoms with Crippen molar-refractivity contribution < 1.29 is 14.6 Å². The first kappa shape index (κ1) is 26.5. The Bertz CT molecular complexity index is 1090. The van der Waals surface area contributed by atoms with Crippen molar-refractivity contribution in [1.82, 2.24) is 15.5 Å². The second-order valence-corrected chi connectivity index (χ2v) is 11.7. The van der Waals surface area contributed by atoms with Crippen molar-refractivity contribution >= 4 is 5.91 Å². The van der Waals surface area contributed by atoms with Crippen LogP contribution >= 0.6 is 0 Å². The average molecular weight is 494 g/mol. The van der Waals surface area contributed by atoms with Crippen molar-refractivity contribution in [3.05, 3.63) is 59.2 Å². The summed E-state index contributed by atoms with van der Waals surface area (Å²) in [5.74, 6) is 2.03. The van der Waals surface area contributed by atoms with Crippen molar-refractivity contribution in [2.75, 3.05) is 26.7 Å². The molecule has 3 N–H and O–H groups in total. The van der Waals surface area contributed by atoms with Gasteiger partial charge in [-0.15, -0.1) is 0 Å². The Kier molecular flexibility index (Phi) is 7.67. The number of hydrogen-bond acceptors (Lipinski definition) is 5. The maximum atomic E-state index is 13.5. The zero-order valence-corrected chi connectivity index (χ0v) is 22.7. The summed E-state index contributed by atoms with van der Waals surface area (Å²) in [7, 11) is 1.72. The molecule has 0 radical (unpaired) electrons. The molecule has 4 atom stereocenters. The van der Waals surface area contributed by atoms with Crippen LogP contribution in [0.25, 0.3) is 0 Å². The van der Waals surface area contributed by atoms with Crippen molar-refractivity contribution in [3.63, 3.8) is 0 Å². The van der Waals surface area contributed by atoms with Crippen LogP contribution in [0.15, 0.2) is 42.5 Å². The number of hydrogen-bond donors (Lipinski definition) is 3. The fourth-order valence-electron chi connectivity index (χ4n) is 5.76. The number of amides is 1. The molecule has 0 unspecified atom stereocenters. The first-order valence-electron chi connectivity index (χ1n) is 13.3. The number of piperidine rings is 1. The summed E-state index contributed by atoms with van der Waals surface area (Å²) in [6.45, 7) is 14.5. The third-order valence-electron chi connectivity index (χ3n) is 8.78. The topological polar surface area (TPSA) is 73.8 Å². The number of methoxy groups -OCH3 is 1. The van der Waals surface area contributed by atoms with Gasteiger partial charge in [0.2, 0.25) is 5.91 Å². The van der Waals surface area contributed by atoms with Crippen molar-refractivity contribution in [3.8, 4) is 11.5 Å². The first-order chi connectivity index (χ1) is 17.0. The zero-order valence-electron chi connectivity index (χ0n) is 22.7. The van der Waals surface area contributed by atoms with Gasteiger partial charge >= 0.3 is 0 Å². The molecule has 0 aromatic heterocycles. The van der Waals surface area contributed by atoms with Crippen LogP contribution in [0.5, 0.6) is 11.5 Å². The van der Waals surface area contributed by atoms with Gasteiger partial charge in [-0.1, -0.05) is 45.9 Å². The van der Waals surface area contributed by atoms with Gasteiger partial charge in [-0.3, -0.25) is 10.1 Å². The number of fused-ring (bicyclic) bond motifs is 1. The predicted molar refractivity (Wildman–Crippen MR) is 144 cm³/mol. The highest BCUT2D eigenvalue weighted by Gasteiger charge is 2.41. The molecule has 0 spiro atoms. The molecule has 2 aliphatic heterocycles. The van der Waals surface area contributed by atoms with E-state index in [1.807, 2.05) is 19.1 Å². The minimum absolute atomic E-state index is 0.0474. The summed E-state index contributed by atoms with van der Waals surface area (Å²) in [4.78, 5) is 16.0. The molecule has 4 rings (SSSR count). The molecule has 0 bridgehead atoms. The van der Waals surface area contributed by atoms with Gasteiger partial charge in [-0.25, -0.2) is 0 Å². The standard InChI is InChI=1S/C30H43N3O3/c1-20(2)27(32-28(35)30(5)16-22-10-11-25(34)14-23(22)17-31-30)19-33-13-12-29(4,21(3)18-33)24-8-7-9-26(15-24)36-6/h7-11,14-15,20-21,27,31,34H,12-13,16-19H2,1-6H3,(H,32,35)/t21-,27+,29-,30+/m0/s1. The van der Waals surface area contributed by atoms with Crippen molar-refractivity contribution in [2.24, 2.45) is 11.8 Å². The lowest BCUT2D eigenvalue weighted by molar-refractivity contribution is -0.128. The van der Waals surface area contributed by atoms with Crippen LogP contribution < -0.4 is 15.4 Å². The van der Waals surface area contributed by atoms with Crippen LogP contribution in [0.4, 0.5) is 0 Å². The van der Waals surface area contributed by atoms with E-state index in [0.717, 1.165) is 42.9 Å². The first-order valence-corrected chi connectivity index (χ1v) is 13.3. The molecule has 36 heavy (non-hydrogen) atoms. The molecule has 1 amide bonds. The van der Waals surface area contributed by atoms with E-state index in [9.17, 15) is 9.90 Å². The Hall–Kier alpha value is -2.57. The molecule has 6 nitrogen and oxygen atoms in total. The van der Waals surface area contributed by atoms with E-state index >= 15 is 0 Å². The molecule has 2 aromatic rings. The molecule has 1 saturated heterocycles. The lowest BCUT2D eigenvalue weighted by Gasteiger charge is -2.46. The quantitative estimate of drug-likeness (QED) is 0.538. The average Bonchev–Trinajstić information content (AvgIpc) is 2.86. The van der Waals surface area contributed by atoms with E-state index < -0.39 is 5.54 Å². The van der Waals surface area contributed by atoms with Gasteiger partial charge in [0.05, 0.1) is 12.6 Å². The fraction of sp³-hybridized carbons (Fsp3) is 0.567. The van der Waals surface area contributed by atoms with Gasteiger partial charge in [0.25, 0.3) is 0 Å². The summed E-state index contributed by atoms with van der Waals surface area (Å²) in [6.07, 6.45) is 1.68. The van der Waals surface area contributed by atoms with E-state index in [1.165, 1.54) is 5.56 Å². The number of carbonyl (C=O) groups excluding carboxylic acids is 1. The van der Waals surface area contributed by atoms with Crippen LogP contribution in [0, 0.1) is 11.8 Å². The predicted octanol–water partition coefficient (Wildman–Crippen LogP) is 4.25. The Morgan fingerprint density at radius 1 is 1.22 bits per heavy atom. The fourth-order valence-corrected chi connectivity index (χ4v) is 5.76. The second kappa shape index (κ2) is 10.4. The minimum Gasteiger partial charge on any atom is -0.508 e. The Morgan fingerprint density at radius 2 is 2.00 bits per heavy atom. The molecule has 2 aromatic carbocycles. The highest BCUT2D eigenvalue weighted by Crippen LogP contribution is 2.40. The maximum Gasteiger partial charge on any atom is 0.240 e. The highest BCUT2D eigenvalue weighted by atomic mass is 16.5. The third kappa shape index (κ3) is 5.40. The van der Waals surface area contributed by atoms with Crippen LogP contribution in [-0.2, 0) is 23.2 Å². The number of phenolic OH excluding ortho intramolecular Hbond substituents is 1. The van der Waals surface area contributed by atoms with Crippen LogP contribution in [-0.4, -0.2) is 54.2 Å². The van der Waals surface area contributed by atoms with Gasteiger partial charge in [0.1, 0.15) is 11.5 Å². The number of phenols is 1. The maximum absolute atomic E-state index is 13.5. The summed E-state index contributed by atoms with van der Waals surface area (Å²) >= 11 is 0. The smallest absolute Gasteiger partial charge is 0.240 e. The third-order valence-corrected chi connectivity index (χ3v) is 8.78. The monoisotopic (exact) mass is 493 g/mol. The second-order valence-electron chi connectivity index (χ2n) is 11.7. The van der Waals surface area contributed by atoms with Crippen molar-refractivity contribution in [2.45, 2.75) is 71.0 Å². The molecule has 2 heterocycles. The van der Waals surface area contributed by atoms with Crippen molar-refractivity contribution in [1.29, 1.82) is 0 Å². The number of aromatic hydroxyl groups is 1. The number of nitrogens with zero attached hydrogens (tertiary/aromatic N) is 1. The van der Waals surface area contributed by atoms with Gasteiger partial charge < -0.3 is 20.1 Å². The number of benzene rings is 2. The van der Waals surface area contributed by atoms with Crippen LogP contribution in [0.3, 0.4) is 0 Å². The number of likely N-dealkylation sites (tertiary alicyclic amines) is 1. The molecular weight excluding hydrogens is 450 g/mol. The molecule has 2 aliphatic rings. The molecule has 196 valence electrons. The van der Waals surface area contributed by atoms with Gasteiger partial charge in [0, 0.05) is 25.7 Å². The number of ether oxygens (including phenoxy) is 1. The van der Waals surface area contributed by atoms with E-state index in [1.54, 1.807) is 19.2 Å². The van der Waals surface area contributed by atoms with E-state index in [4.69, 9.17) is 4.74 Å². The normalized spacial score (nSPS) is 27.4. The summed E-state index contributed by atoms with van der Waals surface area (Å²) in [6, 6.07) is 14.0. The largest absolute Gasteiger partial charge is 0.508 e. The van der Waals surface area contributed by atoms with Gasteiger partial charge in [-0.05, 0) is 84.5 Å². The van der Waals surface area contributed by atoms with E-state index in [0.29, 0.717) is 24.8 Å². The Morgan fingerprint density at radius 3 is 2.69 bits per heavy atom. The van der Waals surface area contributed by atoms with E-state index in [-0.39, 0.29) is 23.1 Å². The Labute approximate surface area is 216 Å². The highest BCUT2D eigenvalue weighted by molar-refractivity contribution is 5.87. The zero-order chi connectivity index (χ0) is 26.1. The summed E-state index contributed by atoms with van der Waals surface area (Å²) < 4.78 is 5.48. The summed E-state index contributed by atoms with van der Waals surface area (Å²) in [5.41, 5.74) is 2.95. The lowest BCUT2D eigenvalue weighted by atomic mass is 9.68. The lowest BCUT2D eigenvalue weighted by Crippen LogP contribution is -2.61. The molecular formula is C30H43N3O3. The molecule has 1 fully saturated rings. The number of carbonyl (C=O) groups is 1. The molecule has 6 heteroatoms. The van der Waals surface area contributed by atoms with E-state index in [2.05, 4.69) is 61.4 Å². The van der Waals surface area contributed by atoms with Crippen LogP contribution in [0.1, 0.15) is 57.7 Å². The molecule has 0 aliphatic carbocycles. The van der Waals surface area contributed by atoms with Gasteiger partial charge in [0.15, 0.2) is 0 Å². The number of rotatable bonds is 7. The number of nitrogens with one attached hydrogen (secondary N) is 2. The molecule has 0 saturated carbocycles. The summed E-state index contributed by atoms with van der Waals surface area (Å²) in [5, 5.41) is 16.6.